The summed E-state index contributed by atoms with van der Waals surface area (Å²) in [5.74, 6) is -0.161. The second kappa shape index (κ2) is 4.63. The van der Waals surface area contributed by atoms with Gasteiger partial charge in [-0.15, -0.1) is 0 Å². The molecule has 1 aliphatic carbocycles. The predicted octanol–water partition coefficient (Wildman–Crippen LogP) is 1.55. The summed E-state index contributed by atoms with van der Waals surface area (Å²) in [6, 6.07) is 3.26. The SMILES string of the molecule is Cc1nc(Cl)ccc1C(=O)NCC1(CO)CC1. The summed E-state index contributed by atoms with van der Waals surface area (Å²) in [7, 11) is 0. The van der Waals surface area contributed by atoms with Crippen molar-refractivity contribution < 1.29 is 9.90 Å². The number of amides is 1. The van der Waals surface area contributed by atoms with E-state index in [0.717, 1.165) is 12.8 Å². The van der Waals surface area contributed by atoms with E-state index in [1.165, 1.54) is 0 Å². The summed E-state index contributed by atoms with van der Waals surface area (Å²) < 4.78 is 0. The number of aryl methyl sites for hydroxylation is 1. The third kappa shape index (κ3) is 2.76. The fourth-order valence-electron chi connectivity index (χ4n) is 1.70. The lowest BCUT2D eigenvalue weighted by Crippen LogP contribution is -2.32. The average Bonchev–Trinajstić information content (AvgIpc) is 3.07. The maximum absolute atomic E-state index is 11.9. The predicted molar refractivity (Wildman–Crippen MR) is 65.1 cm³/mol. The van der Waals surface area contributed by atoms with Gasteiger partial charge >= 0.3 is 0 Å². The number of aliphatic hydroxyl groups excluding tert-OH is 1. The number of pyridine rings is 1. The Bertz CT molecular complexity index is 444. The first kappa shape index (κ1) is 12.3. The van der Waals surface area contributed by atoms with Crippen LogP contribution in [0.25, 0.3) is 0 Å². The molecule has 5 heteroatoms. The van der Waals surface area contributed by atoms with Gasteiger partial charge in [-0.2, -0.15) is 0 Å². The van der Waals surface area contributed by atoms with Gasteiger partial charge in [0.15, 0.2) is 0 Å². The first-order valence-corrected chi connectivity index (χ1v) is 5.96. The van der Waals surface area contributed by atoms with Gasteiger partial charge in [0.25, 0.3) is 5.91 Å². The second-order valence-corrected chi connectivity index (χ2v) is 4.99. The van der Waals surface area contributed by atoms with Crippen molar-refractivity contribution in [1.29, 1.82) is 0 Å². The molecular weight excluding hydrogens is 240 g/mol. The van der Waals surface area contributed by atoms with Crippen molar-refractivity contribution in [2.75, 3.05) is 13.2 Å². The van der Waals surface area contributed by atoms with Crippen LogP contribution in [0.3, 0.4) is 0 Å². The Kier molecular flexibility index (Phi) is 3.35. The van der Waals surface area contributed by atoms with E-state index in [0.29, 0.717) is 23.0 Å². The molecule has 92 valence electrons. The van der Waals surface area contributed by atoms with Gasteiger partial charge in [0, 0.05) is 12.0 Å². The Labute approximate surface area is 105 Å². The van der Waals surface area contributed by atoms with Crippen molar-refractivity contribution in [3.05, 3.63) is 28.5 Å². The van der Waals surface area contributed by atoms with Gasteiger partial charge in [-0.05, 0) is 31.9 Å². The van der Waals surface area contributed by atoms with Gasteiger partial charge in [0.2, 0.25) is 0 Å². The highest BCUT2D eigenvalue weighted by atomic mass is 35.5. The first-order chi connectivity index (χ1) is 8.06. The summed E-state index contributed by atoms with van der Waals surface area (Å²) in [5, 5.41) is 12.4. The summed E-state index contributed by atoms with van der Waals surface area (Å²) in [6.07, 6.45) is 1.95. The highest BCUT2D eigenvalue weighted by molar-refractivity contribution is 6.29. The van der Waals surface area contributed by atoms with Crippen LogP contribution in [0.4, 0.5) is 0 Å². The van der Waals surface area contributed by atoms with Crippen LogP contribution < -0.4 is 5.32 Å². The molecule has 0 aromatic carbocycles. The molecule has 2 N–H and O–H groups in total. The van der Waals surface area contributed by atoms with E-state index in [2.05, 4.69) is 10.3 Å². The van der Waals surface area contributed by atoms with Gasteiger partial charge < -0.3 is 10.4 Å². The standard InChI is InChI=1S/C12H15ClN2O2/c1-8-9(2-3-10(13)15-8)11(17)14-6-12(7-16)4-5-12/h2-3,16H,4-7H2,1H3,(H,14,17). The van der Waals surface area contributed by atoms with E-state index in [4.69, 9.17) is 16.7 Å². The minimum atomic E-state index is -0.161. The molecule has 17 heavy (non-hydrogen) atoms. The molecule has 0 bridgehead atoms. The molecular formula is C12H15ClN2O2. The molecule has 0 unspecified atom stereocenters. The van der Waals surface area contributed by atoms with E-state index in [9.17, 15) is 4.79 Å². The summed E-state index contributed by atoms with van der Waals surface area (Å²) in [4.78, 5) is 15.9. The van der Waals surface area contributed by atoms with Crippen LogP contribution in [0.1, 0.15) is 28.9 Å². The quantitative estimate of drug-likeness (QED) is 0.802. The van der Waals surface area contributed by atoms with Crippen LogP contribution in [0.5, 0.6) is 0 Å². The van der Waals surface area contributed by atoms with Gasteiger partial charge in [-0.25, -0.2) is 4.98 Å². The van der Waals surface area contributed by atoms with Gasteiger partial charge in [0.05, 0.1) is 17.9 Å². The topological polar surface area (TPSA) is 62.2 Å². The highest BCUT2D eigenvalue weighted by Gasteiger charge is 2.42. The molecule has 0 radical (unpaired) electrons. The van der Waals surface area contributed by atoms with E-state index >= 15 is 0 Å². The number of nitrogens with zero attached hydrogens (tertiary/aromatic N) is 1. The number of carbonyl (C=O) groups is 1. The highest BCUT2D eigenvalue weighted by Crippen LogP contribution is 2.44. The average molecular weight is 255 g/mol. The molecule has 0 aliphatic heterocycles. The first-order valence-electron chi connectivity index (χ1n) is 5.58. The molecule has 1 amide bonds. The van der Waals surface area contributed by atoms with E-state index < -0.39 is 0 Å². The molecule has 1 aromatic heterocycles. The number of aromatic nitrogens is 1. The smallest absolute Gasteiger partial charge is 0.253 e. The van der Waals surface area contributed by atoms with Crippen LogP contribution in [-0.4, -0.2) is 29.1 Å². The fourth-order valence-corrected chi connectivity index (χ4v) is 1.89. The molecule has 0 atom stereocenters. The monoisotopic (exact) mass is 254 g/mol. The summed E-state index contributed by atoms with van der Waals surface area (Å²) in [5.41, 5.74) is 1.07. The van der Waals surface area contributed by atoms with Gasteiger partial charge in [-0.3, -0.25) is 4.79 Å². The van der Waals surface area contributed by atoms with E-state index in [-0.39, 0.29) is 17.9 Å². The molecule has 0 saturated heterocycles. The summed E-state index contributed by atoms with van der Waals surface area (Å²) >= 11 is 5.73. The van der Waals surface area contributed by atoms with Crippen molar-refractivity contribution >= 4 is 17.5 Å². The number of rotatable bonds is 4. The molecule has 1 aliphatic rings. The molecule has 1 saturated carbocycles. The molecule has 4 nitrogen and oxygen atoms in total. The zero-order valence-electron chi connectivity index (χ0n) is 9.66. The van der Waals surface area contributed by atoms with Crippen molar-refractivity contribution in [2.24, 2.45) is 5.41 Å². The Balaban J connectivity index is 2.00. The molecule has 1 heterocycles. The zero-order chi connectivity index (χ0) is 12.5. The van der Waals surface area contributed by atoms with Crippen LogP contribution in [0, 0.1) is 12.3 Å². The van der Waals surface area contributed by atoms with E-state index in [1.807, 2.05) is 0 Å². The Morgan fingerprint density at radius 2 is 2.29 bits per heavy atom. The van der Waals surface area contributed by atoms with Crippen molar-refractivity contribution in [2.45, 2.75) is 19.8 Å². The number of carbonyl (C=O) groups excluding carboxylic acids is 1. The number of halogens is 1. The lowest BCUT2D eigenvalue weighted by molar-refractivity contribution is 0.0934. The third-order valence-corrected chi connectivity index (χ3v) is 3.42. The number of hydrogen-bond acceptors (Lipinski definition) is 3. The zero-order valence-corrected chi connectivity index (χ0v) is 10.4. The summed E-state index contributed by atoms with van der Waals surface area (Å²) in [6.45, 7) is 2.40. The minimum Gasteiger partial charge on any atom is -0.396 e. The Morgan fingerprint density at radius 1 is 1.59 bits per heavy atom. The van der Waals surface area contributed by atoms with Crippen molar-refractivity contribution in [3.8, 4) is 0 Å². The molecule has 0 spiro atoms. The van der Waals surface area contributed by atoms with E-state index in [1.54, 1.807) is 19.1 Å². The van der Waals surface area contributed by atoms with Crippen LogP contribution in [0.15, 0.2) is 12.1 Å². The van der Waals surface area contributed by atoms with Gasteiger partial charge in [0.1, 0.15) is 5.15 Å². The Hall–Kier alpha value is -1.13. The maximum atomic E-state index is 11.9. The number of nitrogens with one attached hydrogen (secondary N) is 1. The lowest BCUT2D eigenvalue weighted by Gasteiger charge is -2.13. The molecule has 2 rings (SSSR count). The normalized spacial score (nSPS) is 16.6. The van der Waals surface area contributed by atoms with Crippen molar-refractivity contribution in [1.82, 2.24) is 10.3 Å². The largest absolute Gasteiger partial charge is 0.396 e. The third-order valence-electron chi connectivity index (χ3n) is 3.21. The van der Waals surface area contributed by atoms with Crippen molar-refractivity contribution in [3.63, 3.8) is 0 Å². The second-order valence-electron chi connectivity index (χ2n) is 4.61. The van der Waals surface area contributed by atoms with Gasteiger partial charge in [-0.1, -0.05) is 11.6 Å². The molecule has 1 fully saturated rings. The number of aliphatic hydroxyl groups is 1. The minimum absolute atomic E-state index is 0.0799. The number of hydrogen-bond donors (Lipinski definition) is 2. The maximum Gasteiger partial charge on any atom is 0.253 e. The van der Waals surface area contributed by atoms with Crippen LogP contribution >= 0.6 is 11.6 Å². The van der Waals surface area contributed by atoms with Crippen LogP contribution in [0.2, 0.25) is 5.15 Å². The fraction of sp³-hybridized carbons (Fsp3) is 0.500. The Morgan fingerprint density at radius 3 is 2.82 bits per heavy atom. The van der Waals surface area contributed by atoms with Crippen LogP contribution in [-0.2, 0) is 0 Å². The lowest BCUT2D eigenvalue weighted by atomic mass is 10.1. The molecule has 1 aromatic rings.